The van der Waals surface area contributed by atoms with Crippen molar-refractivity contribution in [2.75, 3.05) is 5.32 Å². The first-order valence-corrected chi connectivity index (χ1v) is 7.51. The molecule has 1 aliphatic carbocycles. The summed E-state index contributed by atoms with van der Waals surface area (Å²) in [7, 11) is 0. The average molecular weight is 304 g/mol. The van der Waals surface area contributed by atoms with E-state index in [1.54, 1.807) is 0 Å². The minimum Gasteiger partial charge on any atom is -0.478 e. The predicted octanol–water partition coefficient (Wildman–Crippen LogP) is 2.71. The Balaban J connectivity index is 2.26. The number of carboxylic acid groups (broad SMARTS) is 1. The molecule has 0 aliphatic heterocycles. The zero-order valence-corrected chi connectivity index (χ0v) is 12.7. The van der Waals surface area contributed by atoms with E-state index in [1.807, 2.05) is 0 Å². The van der Waals surface area contributed by atoms with Gasteiger partial charge in [-0.05, 0) is 37.7 Å². The molecule has 0 radical (unpaired) electrons. The molecule has 6 heteroatoms. The van der Waals surface area contributed by atoms with E-state index in [4.69, 9.17) is 5.11 Å². The number of thiophene rings is 1. The van der Waals surface area contributed by atoms with E-state index >= 15 is 0 Å². The summed E-state index contributed by atoms with van der Waals surface area (Å²) in [6, 6.07) is 2.16. The van der Waals surface area contributed by atoms with E-state index in [0.29, 0.717) is 16.5 Å². The molecule has 1 amide bonds. The van der Waals surface area contributed by atoms with Gasteiger partial charge in [0.25, 0.3) is 0 Å². The van der Waals surface area contributed by atoms with Gasteiger partial charge >= 0.3 is 5.97 Å². The summed E-state index contributed by atoms with van der Waals surface area (Å²) in [5.74, 6) is -1.07. The van der Waals surface area contributed by atoms with Crippen molar-refractivity contribution in [3.63, 3.8) is 0 Å². The Morgan fingerprint density at radius 2 is 2.24 bits per heavy atom. The number of fused-ring (bicyclic) bond motifs is 1. The number of carboxylic acids is 1. The summed E-state index contributed by atoms with van der Waals surface area (Å²) in [4.78, 5) is 23.7. The number of hydrogen-bond donors (Lipinski definition) is 2. The zero-order chi connectivity index (χ0) is 15.6. The van der Waals surface area contributed by atoms with Crippen LogP contribution in [0.4, 0.5) is 5.00 Å². The molecule has 0 bridgehead atoms. The molecule has 0 fully saturated rings. The third-order valence-electron chi connectivity index (χ3n) is 3.55. The quantitative estimate of drug-likeness (QED) is 0.840. The maximum atomic E-state index is 11.8. The molecule has 1 unspecified atom stereocenters. The van der Waals surface area contributed by atoms with Crippen LogP contribution in [0.3, 0.4) is 0 Å². The number of hydrogen-bond acceptors (Lipinski definition) is 4. The molecule has 1 aromatic rings. The van der Waals surface area contributed by atoms with Crippen molar-refractivity contribution >= 4 is 28.2 Å². The second-order valence-electron chi connectivity index (χ2n) is 5.29. The van der Waals surface area contributed by atoms with E-state index in [1.165, 1.54) is 18.3 Å². The number of amides is 1. The van der Waals surface area contributed by atoms with Gasteiger partial charge in [-0.2, -0.15) is 5.26 Å². The van der Waals surface area contributed by atoms with E-state index in [9.17, 15) is 14.9 Å². The average Bonchev–Trinajstić information content (AvgIpc) is 2.74. The number of rotatable bonds is 3. The van der Waals surface area contributed by atoms with E-state index < -0.39 is 11.9 Å². The Hall–Kier alpha value is -2.13. The Bertz CT molecular complexity index is 667. The molecule has 2 rings (SSSR count). The summed E-state index contributed by atoms with van der Waals surface area (Å²) in [5, 5.41) is 21.2. The van der Waals surface area contributed by atoms with Crippen molar-refractivity contribution in [2.45, 2.75) is 33.1 Å². The van der Waals surface area contributed by atoms with Gasteiger partial charge in [0.15, 0.2) is 0 Å². The molecule has 0 saturated carbocycles. The minimum atomic E-state index is -1.13. The predicted molar refractivity (Wildman–Crippen MR) is 80.2 cm³/mol. The Morgan fingerprint density at radius 3 is 2.86 bits per heavy atom. The van der Waals surface area contributed by atoms with Crippen LogP contribution in [-0.4, -0.2) is 17.0 Å². The third kappa shape index (κ3) is 3.31. The number of carbonyl (C=O) groups is 2. The Morgan fingerprint density at radius 1 is 1.52 bits per heavy atom. The summed E-state index contributed by atoms with van der Waals surface area (Å²) in [5.41, 5.74) is 1.52. The maximum absolute atomic E-state index is 11.8. The molecule has 0 saturated heterocycles. The standard InChI is InChI=1S/C15H16N2O3S/c1-8-3-4-10-11(7-16)14(21-12(10)5-8)17-13(18)6-9(2)15(19)20/h6,8H,3-5H2,1-2H3,(H,17,18)(H,19,20)/b9-6+. The van der Waals surface area contributed by atoms with Crippen LogP contribution in [0.15, 0.2) is 11.6 Å². The SMILES string of the molecule is C/C(=C\C(=O)Nc1sc2c(c1C#N)CCC(C)C2)C(=O)O. The van der Waals surface area contributed by atoms with Crippen molar-refractivity contribution in [3.05, 3.63) is 27.7 Å². The first-order chi connectivity index (χ1) is 9.92. The van der Waals surface area contributed by atoms with Gasteiger partial charge in [0, 0.05) is 16.5 Å². The fourth-order valence-electron chi connectivity index (χ4n) is 2.36. The van der Waals surface area contributed by atoms with Crippen molar-refractivity contribution in [1.29, 1.82) is 5.26 Å². The fraction of sp³-hybridized carbons (Fsp3) is 0.400. The van der Waals surface area contributed by atoms with Gasteiger partial charge in [0.05, 0.1) is 5.56 Å². The van der Waals surface area contributed by atoms with Crippen LogP contribution in [0.2, 0.25) is 0 Å². The van der Waals surface area contributed by atoms with Crippen LogP contribution in [0, 0.1) is 17.2 Å². The third-order valence-corrected chi connectivity index (χ3v) is 4.71. The van der Waals surface area contributed by atoms with Gasteiger partial charge in [0.2, 0.25) is 5.91 Å². The van der Waals surface area contributed by atoms with Crippen molar-refractivity contribution in [2.24, 2.45) is 5.92 Å². The summed E-state index contributed by atoms with van der Waals surface area (Å²) in [6.45, 7) is 3.53. The molecular weight excluding hydrogens is 288 g/mol. The highest BCUT2D eigenvalue weighted by molar-refractivity contribution is 7.16. The molecule has 1 aliphatic rings. The lowest BCUT2D eigenvalue weighted by Gasteiger charge is -2.17. The molecule has 1 heterocycles. The largest absolute Gasteiger partial charge is 0.478 e. The first-order valence-electron chi connectivity index (χ1n) is 6.69. The van der Waals surface area contributed by atoms with Crippen molar-refractivity contribution < 1.29 is 14.7 Å². The van der Waals surface area contributed by atoms with Crippen molar-refractivity contribution in [1.82, 2.24) is 0 Å². The lowest BCUT2D eigenvalue weighted by Crippen LogP contribution is -2.11. The molecule has 1 aromatic heterocycles. The van der Waals surface area contributed by atoms with E-state index in [0.717, 1.165) is 35.8 Å². The summed E-state index contributed by atoms with van der Waals surface area (Å²) in [6.07, 6.45) is 3.86. The molecule has 0 spiro atoms. The second kappa shape index (κ2) is 6.10. The number of nitriles is 1. The number of carbonyl (C=O) groups excluding carboxylic acids is 1. The Labute approximate surface area is 126 Å². The van der Waals surface area contributed by atoms with Crippen LogP contribution in [0.1, 0.15) is 36.3 Å². The van der Waals surface area contributed by atoms with Crippen LogP contribution < -0.4 is 5.32 Å². The molecular formula is C15H16N2O3S. The van der Waals surface area contributed by atoms with Crippen molar-refractivity contribution in [3.8, 4) is 6.07 Å². The highest BCUT2D eigenvalue weighted by atomic mass is 32.1. The van der Waals surface area contributed by atoms with Gasteiger partial charge in [0.1, 0.15) is 11.1 Å². The normalized spacial score (nSPS) is 17.8. The molecule has 1 atom stereocenters. The van der Waals surface area contributed by atoms with Crippen LogP contribution in [-0.2, 0) is 22.4 Å². The monoisotopic (exact) mass is 304 g/mol. The van der Waals surface area contributed by atoms with Crippen LogP contribution >= 0.6 is 11.3 Å². The van der Waals surface area contributed by atoms with Crippen LogP contribution in [0.25, 0.3) is 0 Å². The lowest BCUT2D eigenvalue weighted by molar-refractivity contribution is -0.132. The van der Waals surface area contributed by atoms with Gasteiger partial charge in [-0.1, -0.05) is 6.92 Å². The van der Waals surface area contributed by atoms with Gasteiger partial charge in [-0.25, -0.2) is 4.79 Å². The topological polar surface area (TPSA) is 90.2 Å². The second-order valence-corrected chi connectivity index (χ2v) is 6.39. The zero-order valence-electron chi connectivity index (χ0n) is 11.9. The first kappa shape index (κ1) is 15.3. The number of nitrogens with one attached hydrogen (secondary N) is 1. The maximum Gasteiger partial charge on any atom is 0.331 e. The summed E-state index contributed by atoms with van der Waals surface area (Å²) >= 11 is 1.42. The number of aliphatic carboxylic acids is 1. The van der Waals surface area contributed by atoms with Gasteiger partial charge in [-0.3, -0.25) is 4.79 Å². The van der Waals surface area contributed by atoms with Crippen LogP contribution in [0.5, 0.6) is 0 Å². The molecule has 0 aromatic carbocycles. The Kier molecular flexibility index (Phi) is 4.43. The highest BCUT2D eigenvalue weighted by Gasteiger charge is 2.24. The smallest absolute Gasteiger partial charge is 0.331 e. The summed E-state index contributed by atoms with van der Waals surface area (Å²) < 4.78 is 0. The van der Waals surface area contributed by atoms with Gasteiger partial charge in [-0.15, -0.1) is 11.3 Å². The molecule has 2 N–H and O–H groups in total. The minimum absolute atomic E-state index is 0.0408. The van der Waals surface area contributed by atoms with E-state index in [2.05, 4.69) is 18.3 Å². The van der Waals surface area contributed by atoms with E-state index in [-0.39, 0.29) is 5.57 Å². The molecule has 21 heavy (non-hydrogen) atoms. The lowest BCUT2D eigenvalue weighted by atomic mass is 9.89. The number of nitrogens with zero attached hydrogens (tertiary/aromatic N) is 1. The van der Waals surface area contributed by atoms with Gasteiger partial charge < -0.3 is 10.4 Å². The number of anilines is 1. The molecule has 5 nitrogen and oxygen atoms in total. The fourth-order valence-corrected chi connectivity index (χ4v) is 3.73. The molecule has 110 valence electrons. The highest BCUT2D eigenvalue weighted by Crippen LogP contribution is 2.39.